The Morgan fingerprint density at radius 2 is 1.81 bits per heavy atom. The SMILES string of the molecule is CCCCCOc1ccc(/C(C)=N\N=C\c2nccn2Cc2ccc(OC)c([N+](=O)[O-])c2)cc1[N+](=O)[O-]. The molecule has 12 nitrogen and oxygen atoms in total. The van der Waals surface area contributed by atoms with E-state index in [1.807, 2.05) is 0 Å². The highest BCUT2D eigenvalue weighted by molar-refractivity contribution is 5.99. The van der Waals surface area contributed by atoms with Crippen LogP contribution < -0.4 is 9.47 Å². The first kappa shape index (κ1) is 27.0. The number of aromatic nitrogens is 2. The van der Waals surface area contributed by atoms with Crippen molar-refractivity contribution >= 4 is 23.3 Å². The van der Waals surface area contributed by atoms with Crippen molar-refractivity contribution in [3.63, 3.8) is 0 Å². The molecule has 0 atom stereocenters. The Labute approximate surface area is 213 Å². The van der Waals surface area contributed by atoms with Crippen LogP contribution in [-0.4, -0.2) is 45.0 Å². The van der Waals surface area contributed by atoms with Crippen molar-refractivity contribution in [3.8, 4) is 11.5 Å². The van der Waals surface area contributed by atoms with E-state index >= 15 is 0 Å². The van der Waals surface area contributed by atoms with Crippen LogP contribution in [0.2, 0.25) is 0 Å². The van der Waals surface area contributed by atoms with Crippen molar-refractivity contribution in [2.75, 3.05) is 13.7 Å². The van der Waals surface area contributed by atoms with Gasteiger partial charge in [-0.05, 0) is 37.1 Å². The molecule has 1 aromatic heterocycles. The molecule has 0 fully saturated rings. The van der Waals surface area contributed by atoms with Crippen LogP contribution in [-0.2, 0) is 6.54 Å². The summed E-state index contributed by atoms with van der Waals surface area (Å²) in [5.41, 5.74) is 1.45. The summed E-state index contributed by atoms with van der Waals surface area (Å²) >= 11 is 0. The van der Waals surface area contributed by atoms with Gasteiger partial charge in [-0.1, -0.05) is 25.8 Å². The van der Waals surface area contributed by atoms with Gasteiger partial charge in [-0.15, -0.1) is 0 Å². The molecule has 0 aliphatic heterocycles. The number of hydrogen-bond donors (Lipinski definition) is 0. The molecule has 194 valence electrons. The molecule has 0 unspecified atom stereocenters. The zero-order valence-electron chi connectivity index (χ0n) is 20.9. The van der Waals surface area contributed by atoms with Crippen molar-refractivity contribution in [1.29, 1.82) is 0 Å². The second-order valence-electron chi connectivity index (χ2n) is 8.10. The molecular formula is C25H28N6O6. The zero-order valence-corrected chi connectivity index (χ0v) is 20.9. The number of nitro benzene ring substituents is 2. The molecule has 1 heterocycles. The Hall–Kier alpha value is -4.61. The minimum Gasteiger partial charge on any atom is -0.490 e. The van der Waals surface area contributed by atoms with E-state index in [4.69, 9.17) is 9.47 Å². The number of ether oxygens (including phenoxy) is 2. The lowest BCUT2D eigenvalue weighted by atomic mass is 10.1. The third-order valence-electron chi connectivity index (χ3n) is 5.50. The number of hydrogen-bond acceptors (Lipinski definition) is 9. The average Bonchev–Trinajstić information content (AvgIpc) is 3.33. The van der Waals surface area contributed by atoms with Crippen LogP contribution in [0.3, 0.4) is 0 Å². The molecule has 0 aliphatic carbocycles. The van der Waals surface area contributed by atoms with Gasteiger partial charge in [0.25, 0.3) is 0 Å². The largest absolute Gasteiger partial charge is 0.490 e. The van der Waals surface area contributed by atoms with Gasteiger partial charge in [0, 0.05) is 36.6 Å². The summed E-state index contributed by atoms with van der Waals surface area (Å²) in [6.07, 6.45) is 7.60. The highest BCUT2D eigenvalue weighted by Gasteiger charge is 2.17. The van der Waals surface area contributed by atoms with E-state index in [1.54, 1.807) is 48.1 Å². The first-order valence-electron chi connectivity index (χ1n) is 11.7. The van der Waals surface area contributed by atoms with Crippen LogP contribution in [0.1, 0.15) is 50.1 Å². The predicted molar refractivity (Wildman–Crippen MR) is 139 cm³/mol. The van der Waals surface area contributed by atoms with E-state index in [0.29, 0.717) is 35.8 Å². The molecule has 2 aromatic carbocycles. The van der Waals surface area contributed by atoms with E-state index < -0.39 is 9.85 Å². The molecule has 0 aliphatic rings. The Balaban J connectivity index is 1.74. The molecule has 0 amide bonds. The number of imidazole rings is 1. The Bertz CT molecular complexity index is 1320. The van der Waals surface area contributed by atoms with E-state index in [-0.39, 0.29) is 22.9 Å². The van der Waals surface area contributed by atoms with Gasteiger partial charge in [-0.3, -0.25) is 20.2 Å². The highest BCUT2D eigenvalue weighted by Crippen LogP contribution is 2.29. The first-order chi connectivity index (χ1) is 17.8. The molecule has 0 saturated heterocycles. The maximum absolute atomic E-state index is 11.5. The maximum atomic E-state index is 11.5. The van der Waals surface area contributed by atoms with Crippen LogP contribution in [0.15, 0.2) is 59.0 Å². The molecule has 3 aromatic rings. The third-order valence-corrected chi connectivity index (χ3v) is 5.50. The molecule has 3 rings (SSSR count). The lowest BCUT2D eigenvalue weighted by Gasteiger charge is -2.08. The number of unbranched alkanes of at least 4 members (excludes halogenated alkanes) is 2. The maximum Gasteiger partial charge on any atom is 0.311 e. The number of benzene rings is 2. The van der Waals surface area contributed by atoms with Crippen LogP contribution in [0.25, 0.3) is 0 Å². The van der Waals surface area contributed by atoms with Gasteiger partial charge in [-0.25, -0.2) is 4.98 Å². The van der Waals surface area contributed by atoms with Gasteiger partial charge in [0.15, 0.2) is 17.3 Å². The number of nitro groups is 2. The number of methoxy groups -OCH3 is 1. The van der Waals surface area contributed by atoms with Crippen LogP contribution in [0.5, 0.6) is 11.5 Å². The normalized spacial score (nSPS) is 11.6. The van der Waals surface area contributed by atoms with Crippen molar-refractivity contribution < 1.29 is 19.3 Å². The number of rotatable bonds is 13. The standard InChI is InChI=1S/C25H28N6O6/c1-4-5-6-13-37-24-10-8-20(15-22(24)31(34)35)18(2)28-27-16-25-26-11-12-29(25)17-19-7-9-23(36-3)21(14-19)30(32)33/h7-12,14-16H,4-6,13,17H2,1-3H3/b27-16+,28-18-. The summed E-state index contributed by atoms with van der Waals surface area (Å²) in [5.74, 6) is 0.890. The molecule has 37 heavy (non-hydrogen) atoms. The van der Waals surface area contributed by atoms with E-state index in [0.717, 1.165) is 19.3 Å². The zero-order chi connectivity index (χ0) is 26.8. The Morgan fingerprint density at radius 1 is 1.08 bits per heavy atom. The summed E-state index contributed by atoms with van der Waals surface area (Å²) < 4.78 is 12.4. The molecule has 0 N–H and O–H groups in total. The van der Waals surface area contributed by atoms with Gasteiger partial charge in [-0.2, -0.15) is 10.2 Å². The summed E-state index contributed by atoms with van der Waals surface area (Å²) in [6.45, 7) is 4.51. The summed E-state index contributed by atoms with van der Waals surface area (Å²) in [5, 5.41) is 31.1. The summed E-state index contributed by atoms with van der Waals surface area (Å²) in [6, 6.07) is 9.43. The highest BCUT2D eigenvalue weighted by atomic mass is 16.6. The van der Waals surface area contributed by atoms with Gasteiger partial charge in [0.2, 0.25) is 0 Å². The van der Waals surface area contributed by atoms with Gasteiger partial charge < -0.3 is 14.0 Å². The molecule has 0 saturated carbocycles. The van der Waals surface area contributed by atoms with Crippen molar-refractivity contribution in [1.82, 2.24) is 9.55 Å². The lowest BCUT2D eigenvalue weighted by molar-refractivity contribution is -0.386. The van der Waals surface area contributed by atoms with E-state index in [9.17, 15) is 20.2 Å². The van der Waals surface area contributed by atoms with Gasteiger partial charge >= 0.3 is 11.4 Å². The smallest absolute Gasteiger partial charge is 0.311 e. The van der Waals surface area contributed by atoms with Gasteiger partial charge in [0.1, 0.15) is 0 Å². The average molecular weight is 509 g/mol. The Kier molecular flexibility index (Phi) is 9.41. The predicted octanol–water partition coefficient (Wildman–Crippen LogP) is 5.17. The second kappa shape index (κ2) is 12.9. The quantitative estimate of drug-likeness (QED) is 0.134. The van der Waals surface area contributed by atoms with E-state index in [1.165, 1.54) is 25.5 Å². The van der Waals surface area contributed by atoms with Crippen molar-refractivity contribution in [2.45, 2.75) is 39.7 Å². The summed E-state index contributed by atoms with van der Waals surface area (Å²) in [7, 11) is 1.38. The molecule has 0 spiro atoms. The number of nitrogens with zero attached hydrogens (tertiary/aromatic N) is 6. The van der Waals surface area contributed by atoms with Crippen LogP contribution >= 0.6 is 0 Å². The molecular weight excluding hydrogens is 480 g/mol. The summed E-state index contributed by atoms with van der Waals surface area (Å²) in [4.78, 5) is 26.1. The molecule has 12 heteroatoms. The molecule has 0 bridgehead atoms. The monoisotopic (exact) mass is 508 g/mol. The minimum absolute atomic E-state index is 0.123. The Morgan fingerprint density at radius 3 is 2.51 bits per heavy atom. The minimum atomic E-state index is -0.494. The van der Waals surface area contributed by atoms with Crippen LogP contribution in [0.4, 0.5) is 11.4 Å². The molecule has 0 radical (unpaired) electrons. The van der Waals surface area contributed by atoms with E-state index in [2.05, 4.69) is 22.1 Å². The fraction of sp³-hybridized carbons (Fsp3) is 0.320. The van der Waals surface area contributed by atoms with Crippen LogP contribution in [0, 0.1) is 20.2 Å². The topological polar surface area (TPSA) is 147 Å². The van der Waals surface area contributed by atoms with Gasteiger partial charge in [0.05, 0.1) is 35.5 Å². The van der Waals surface area contributed by atoms with Crippen molar-refractivity contribution in [2.24, 2.45) is 10.2 Å². The lowest BCUT2D eigenvalue weighted by Crippen LogP contribution is -2.05. The first-order valence-corrected chi connectivity index (χ1v) is 11.7. The fourth-order valence-corrected chi connectivity index (χ4v) is 3.52. The van der Waals surface area contributed by atoms with Crippen molar-refractivity contribution in [3.05, 3.63) is 86.0 Å². The second-order valence-corrected chi connectivity index (χ2v) is 8.10. The fourth-order valence-electron chi connectivity index (χ4n) is 3.52. The third kappa shape index (κ3) is 7.19.